The average molecular weight is 191 g/mol. The Hall–Kier alpha value is -0.805. The number of halogens is 3. The van der Waals surface area contributed by atoms with Crippen LogP contribution in [0.25, 0.3) is 0 Å². The lowest BCUT2D eigenvalue weighted by Gasteiger charge is -2.03. The van der Waals surface area contributed by atoms with Crippen LogP contribution in [0.1, 0.15) is 0 Å². The maximum absolute atomic E-state index is 12.7. The zero-order valence-corrected chi connectivity index (χ0v) is 6.48. The summed E-state index contributed by atoms with van der Waals surface area (Å²) >= 11 is 5.30. The second-order valence-electron chi connectivity index (χ2n) is 1.92. The van der Waals surface area contributed by atoms with E-state index in [-0.39, 0.29) is 18.5 Å². The molecule has 0 saturated heterocycles. The minimum absolute atomic E-state index is 0.270. The molecule has 0 spiro atoms. The molecule has 1 radical (unpaired) electrons. The van der Waals surface area contributed by atoms with E-state index in [2.05, 4.69) is 4.65 Å². The lowest BCUT2D eigenvalue weighted by Crippen LogP contribution is -2.02. The Morgan fingerprint density at radius 1 is 1.33 bits per heavy atom. The summed E-state index contributed by atoms with van der Waals surface area (Å²) in [7, 11) is 0.284. The molecule has 0 amide bonds. The monoisotopic (exact) mass is 191 g/mol. The van der Waals surface area contributed by atoms with Crippen LogP contribution in [-0.2, 0) is 0 Å². The van der Waals surface area contributed by atoms with Crippen molar-refractivity contribution in [2.45, 2.75) is 0 Å². The molecule has 0 atom stereocenters. The van der Waals surface area contributed by atoms with Crippen molar-refractivity contribution < 1.29 is 18.5 Å². The first kappa shape index (κ1) is 9.28. The molecule has 2 nitrogen and oxygen atoms in total. The van der Waals surface area contributed by atoms with Crippen LogP contribution >= 0.6 is 11.6 Å². The molecular weight excluding hydrogens is 188 g/mol. The van der Waals surface area contributed by atoms with Crippen molar-refractivity contribution >= 4 is 19.3 Å². The minimum Gasteiger partial charge on any atom is -0.535 e. The Labute approximate surface area is 73.0 Å². The summed E-state index contributed by atoms with van der Waals surface area (Å²) in [6.45, 7) is 0. The first-order valence-electron chi connectivity index (χ1n) is 2.92. The molecule has 6 heteroatoms. The van der Waals surface area contributed by atoms with Gasteiger partial charge in [-0.1, -0.05) is 11.6 Å². The van der Waals surface area contributed by atoms with Gasteiger partial charge in [-0.15, -0.1) is 0 Å². The van der Waals surface area contributed by atoms with Crippen molar-refractivity contribution in [2.75, 3.05) is 0 Å². The first-order valence-corrected chi connectivity index (χ1v) is 3.30. The summed E-state index contributed by atoms with van der Waals surface area (Å²) < 4.78 is 29.4. The van der Waals surface area contributed by atoms with Crippen molar-refractivity contribution in [1.82, 2.24) is 0 Å². The Bertz CT molecular complexity index is 295. The van der Waals surface area contributed by atoms with Gasteiger partial charge in [0.15, 0.2) is 5.82 Å². The summed E-state index contributed by atoms with van der Waals surface area (Å²) in [4.78, 5) is 0. The van der Waals surface area contributed by atoms with Crippen LogP contribution in [0, 0.1) is 11.6 Å². The molecule has 1 aromatic carbocycles. The highest BCUT2D eigenvalue weighted by molar-refractivity contribution is 6.31. The van der Waals surface area contributed by atoms with E-state index in [0.717, 1.165) is 6.07 Å². The quantitative estimate of drug-likeness (QED) is 0.567. The van der Waals surface area contributed by atoms with Crippen molar-refractivity contribution in [3.05, 3.63) is 28.8 Å². The van der Waals surface area contributed by atoms with Gasteiger partial charge in [0.2, 0.25) is 0 Å². The van der Waals surface area contributed by atoms with Gasteiger partial charge in [-0.25, -0.2) is 8.78 Å². The van der Waals surface area contributed by atoms with Gasteiger partial charge in [-0.05, 0) is 0 Å². The molecule has 1 N–H and O–H groups in total. The minimum atomic E-state index is -0.929. The number of hydrogen-bond donors (Lipinski definition) is 1. The summed E-state index contributed by atoms with van der Waals surface area (Å²) in [6, 6.07) is 1.50. The number of hydrogen-bond acceptors (Lipinski definition) is 2. The van der Waals surface area contributed by atoms with Crippen LogP contribution in [0.2, 0.25) is 5.02 Å². The molecule has 0 aliphatic carbocycles. The molecule has 0 aromatic heterocycles. The molecule has 1 aromatic rings. The third-order valence-electron chi connectivity index (χ3n) is 1.15. The van der Waals surface area contributed by atoms with E-state index in [0.29, 0.717) is 6.07 Å². The fourth-order valence-electron chi connectivity index (χ4n) is 0.651. The number of rotatable bonds is 2. The maximum atomic E-state index is 12.7. The Morgan fingerprint density at radius 3 is 2.58 bits per heavy atom. The normalized spacial score (nSPS) is 9.67. The standard InChI is InChI=1S/C6H3BClF2O2/c8-3-1-6(12-7-11)5(10)2-4(3)9/h1-2,11H. The van der Waals surface area contributed by atoms with Crippen LogP contribution < -0.4 is 4.65 Å². The van der Waals surface area contributed by atoms with Crippen LogP contribution in [0.15, 0.2) is 12.1 Å². The highest BCUT2D eigenvalue weighted by Crippen LogP contribution is 2.24. The highest BCUT2D eigenvalue weighted by atomic mass is 35.5. The van der Waals surface area contributed by atoms with Crippen molar-refractivity contribution in [3.63, 3.8) is 0 Å². The molecule has 0 aliphatic rings. The predicted molar refractivity (Wildman–Crippen MR) is 40.0 cm³/mol. The van der Waals surface area contributed by atoms with E-state index in [4.69, 9.17) is 16.6 Å². The van der Waals surface area contributed by atoms with Gasteiger partial charge in [-0.2, -0.15) is 0 Å². The summed E-state index contributed by atoms with van der Waals surface area (Å²) in [5.41, 5.74) is 0. The molecular formula is C6H3BClF2O2. The van der Waals surface area contributed by atoms with Gasteiger partial charge >= 0.3 is 7.69 Å². The first-order chi connectivity index (χ1) is 5.65. The summed E-state index contributed by atoms with van der Waals surface area (Å²) in [6.07, 6.45) is 0. The lowest BCUT2D eigenvalue weighted by molar-refractivity contribution is 0.429. The highest BCUT2D eigenvalue weighted by Gasteiger charge is 2.09. The maximum Gasteiger partial charge on any atom is 0.569 e. The van der Waals surface area contributed by atoms with Crippen LogP contribution in [0.5, 0.6) is 5.75 Å². The van der Waals surface area contributed by atoms with Gasteiger partial charge in [0.05, 0.1) is 5.02 Å². The van der Waals surface area contributed by atoms with Gasteiger partial charge in [-0.3, -0.25) is 0 Å². The van der Waals surface area contributed by atoms with E-state index >= 15 is 0 Å². The Balaban J connectivity index is 3.05. The lowest BCUT2D eigenvalue weighted by atomic mass is 10.3. The molecule has 0 heterocycles. The van der Waals surface area contributed by atoms with E-state index in [1.54, 1.807) is 0 Å². The van der Waals surface area contributed by atoms with Crippen molar-refractivity contribution in [1.29, 1.82) is 0 Å². The van der Waals surface area contributed by atoms with Gasteiger partial charge in [0.25, 0.3) is 0 Å². The zero-order valence-electron chi connectivity index (χ0n) is 5.72. The third-order valence-corrected chi connectivity index (χ3v) is 1.44. The molecule has 1 rings (SSSR count). The van der Waals surface area contributed by atoms with Gasteiger partial charge in [0, 0.05) is 12.1 Å². The largest absolute Gasteiger partial charge is 0.569 e. The number of benzene rings is 1. The molecule has 63 valence electrons. The molecule has 0 bridgehead atoms. The van der Waals surface area contributed by atoms with Crippen LogP contribution in [-0.4, -0.2) is 12.7 Å². The van der Waals surface area contributed by atoms with Crippen LogP contribution in [0.3, 0.4) is 0 Å². The Morgan fingerprint density at radius 2 is 2.00 bits per heavy atom. The second kappa shape index (κ2) is 3.73. The van der Waals surface area contributed by atoms with Crippen molar-refractivity contribution in [2.24, 2.45) is 0 Å². The van der Waals surface area contributed by atoms with Gasteiger partial charge < -0.3 is 9.68 Å². The Kier molecular flexibility index (Phi) is 2.89. The molecule has 0 saturated carbocycles. The van der Waals surface area contributed by atoms with Crippen LogP contribution in [0.4, 0.5) is 8.78 Å². The topological polar surface area (TPSA) is 29.5 Å². The fourth-order valence-corrected chi connectivity index (χ4v) is 0.805. The molecule has 0 unspecified atom stereocenters. The van der Waals surface area contributed by atoms with Gasteiger partial charge in [0.1, 0.15) is 11.6 Å². The average Bonchev–Trinajstić information content (AvgIpc) is 2.01. The fraction of sp³-hybridized carbons (Fsp3) is 0. The summed E-state index contributed by atoms with van der Waals surface area (Å²) in [5.74, 6) is -2.13. The molecule has 0 aliphatic heterocycles. The molecule has 0 fully saturated rings. The third kappa shape index (κ3) is 1.87. The zero-order chi connectivity index (χ0) is 9.14. The SMILES string of the molecule is O[B]Oc1cc(Cl)c(F)cc1F. The second-order valence-corrected chi connectivity index (χ2v) is 2.33. The van der Waals surface area contributed by atoms with E-state index in [9.17, 15) is 8.78 Å². The smallest absolute Gasteiger partial charge is 0.535 e. The molecule has 12 heavy (non-hydrogen) atoms. The summed E-state index contributed by atoms with van der Waals surface area (Å²) in [5, 5.41) is 7.88. The van der Waals surface area contributed by atoms with E-state index in [1.807, 2.05) is 0 Å². The van der Waals surface area contributed by atoms with E-state index in [1.165, 1.54) is 0 Å². The van der Waals surface area contributed by atoms with Crippen molar-refractivity contribution in [3.8, 4) is 5.75 Å². The van der Waals surface area contributed by atoms with E-state index < -0.39 is 11.6 Å². The predicted octanol–water partition coefficient (Wildman–Crippen LogP) is 1.52.